The van der Waals surface area contributed by atoms with Crippen LogP contribution in [0.1, 0.15) is 0 Å². The summed E-state index contributed by atoms with van der Waals surface area (Å²) in [4.78, 5) is 3.72. The molecule has 9 heteroatoms. The third-order valence-electron chi connectivity index (χ3n) is 2.05. The number of aryl methyl sites for hydroxylation is 1. The summed E-state index contributed by atoms with van der Waals surface area (Å²) in [6.07, 6.45) is 0.661. The summed E-state index contributed by atoms with van der Waals surface area (Å²) >= 11 is 5.80. The SMILES string of the molecule is COC(CNS(=O)(=O)c1ncn(C)c1Cl)OC. The normalized spacial score (nSPS) is 12.3. The van der Waals surface area contributed by atoms with E-state index in [4.69, 9.17) is 21.1 Å². The molecule has 0 spiro atoms. The average molecular weight is 284 g/mol. The maximum atomic E-state index is 11.8. The molecule has 1 rings (SSSR count). The lowest BCUT2D eigenvalue weighted by molar-refractivity contribution is -0.0960. The molecule has 0 amide bonds. The van der Waals surface area contributed by atoms with Gasteiger partial charge >= 0.3 is 0 Å². The van der Waals surface area contributed by atoms with E-state index in [2.05, 4.69) is 9.71 Å². The Kier molecular flexibility index (Phi) is 4.90. The van der Waals surface area contributed by atoms with Crippen molar-refractivity contribution < 1.29 is 17.9 Å². The molecule has 17 heavy (non-hydrogen) atoms. The van der Waals surface area contributed by atoms with Gasteiger partial charge in [-0.05, 0) is 0 Å². The molecule has 0 unspecified atom stereocenters. The molecule has 1 aromatic rings. The fourth-order valence-corrected chi connectivity index (χ4v) is 2.52. The van der Waals surface area contributed by atoms with Crippen LogP contribution in [0.4, 0.5) is 0 Å². The van der Waals surface area contributed by atoms with Gasteiger partial charge in [-0.2, -0.15) is 0 Å². The molecule has 0 atom stereocenters. The van der Waals surface area contributed by atoms with Crippen molar-refractivity contribution in [1.82, 2.24) is 14.3 Å². The Morgan fingerprint density at radius 3 is 2.53 bits per heavy atom. The highest BCUT2D eigenvalue weighted by Gasteiger charge is 2.23. The maximum Gasteiger partial charge on any atom is 0.261 e. The molecule has 0 aliphatic heterocycles. The number of nitrogens with zero attached hydrogens (tertiary/aromatic N) is 2. The van der Waals surface area contributed by atoms with Gasteiger partial charge in [-0.25, -0.2) is 18.1 Å². The van der Waals surface area contributed by atoms with Crippen LogP contribution in [0.25, 0.3) is 0 Å². The van der Waals surface area contributed by atoms with Crippen LogP contribution in [0.15, 0.2) is 11.4 Å². The van der Waals surface area contributed by atoms with Crippen molar-refractivity contribution in [2.75, 3.05) is 20.8 Å². The van der Waals surface area contributed by atoms with Gasteiger partial charge in [-0.3, -0.25) is 0 Å². The third kappa shape index (κ3) is 3.39. The quantitative estimate of drug-likeness (QED) is 0.742. The molecule has 0 radical (unpaired) electrons. The number of nitrogens with one attached hydrogen (secondary N) is 1. The molecule has 0 aliphatic rings. The average Bonchev–Trinajstić information content (AvgIpc) is 2.61. The van der Waals surface area contributed by atoms with Crippen LogP contribution in [0, 0.1) is 0 Å². The molecule has 7 nitrogen and oxygen atoms in total. The second-order valence-electron chi connectivity index (χ2n) is 3.20. The second kappa shape index (κ2) is 5.78. The van der Waals surface area contributed by atoms with Crippen LogP contribution in [-0.2, 0) is 26.5 Å². The molecule has 1 N–H and O–H groups in total. The highest BCUT2D eigenvalue weighted by atomic mass is 35.5. The summed E-state index contributed by atoms with van der Waals surface area (Å²) in [7, 11) is 0.665. The maximum absolute atomic E-state index is 11.8. The first kappa shape index (κ1) is 14.4. The number of rotatable bonds is 6. The Balaban J connectivity index is 2.79. The van der Waals surface area contributed by atoms with E-state index in [-0.39, 0.29) is 16.7 Å². The minimum absolute atomic E-state index is 0.0256. The summed E-state index contributed by atoms with van der Waals surface area (Å²) in [5.74, 6) is 0. The molecule has 0 bridgehead atoms. The fraction of sp³-hybridized carbons (Fsp3) is 0.625. The van der Waals surface area contributed by atoms with Crippen LogP contribution in [-0.4, -0.2) is 45.0 Å². The van der Waals surface area contributed by atoms with Crippen molar-refractivity contribution in [3.8, 4) is 0 Å². The minimum atomic E-state index is -3.76. The number of aromatic nitrogens is 2. The lowest BCUT2D eigenvalue weighted by Gasteiger charge is -2.13. The molecular weight excluding hydrogens is 270 g/mol. The lowest BCUT2D eigenvalue weighted by Crippen LogP contribution is -2.34. The van der Waals surface area contributed by atoms with E-state index >= 15 is 0 Å². The molecule has 0 aliphatic carbocycles. The van der Waals surface area contributed by atoms with Crippen LogP contribution >= 0.6 is 11.6 Å². The van der Waals surface area contributed by atoms with Gasteiger partial charge in [0.2, 0.25) is 5.03 Å². The highest BCUT2D eigenvalue weighted by Crippen LogP contribution is 2.18. The zero-order chi connectivity index (χ0) is 13.1. The van der Waals surface area contributed by atoms with Crippen LogP contribution < -0.4 is 4.72 Å². The Morgan fingerprint density at radius 1 is 1.53 bits per heavy atom. The summed E-state index contributed by atoms with van der Waals surface area (Å²) in [6, 6.07) is 0. The number of methoxy groups -OCH3 is 2. The van der Waals surface area contributed by atoms with Gasteiger partial charge in [0.25, 0.3) is 10.0 Å². The van der Waals surface area contributed by atoms with Crippen molar-refractivity contribution >= 4 is 21.6 Å². The monoisotopic (exact) mass is 283 g/mol. The number of hydrogen-bond acceptors (Lipinski definition) is 5. The molecular formula is C8H14ClN3O4S. The zero-order valence-electron chi connectivity index (χ0n) is 9.68. The standard InChI is InChI=1S/C8H14ClN3O4S/c1-12-5-10-8(7(12)9)17(13,14)11-4-6(15-2)16-3/h5-6,11H,4H2,1-3H3. The number of hydrogen-bond donors (Lipinski definition) is 1. The third-order valence-corrected chi connectivity index (χ3v) is 3.97. The van der Waals surface area contributed by atoms with Gasteiger partial charge in [0.05, 0.1) is 12.9 Å². The van der Waals surface area contributed by atoms with E-state index in [1.165, 1.54) is 25.1 Å². The fourth-order valence-electron chi connectivity index (χ4n) is 1.08. The largest absolute Gasteiger partial charge is 0.355 e. The van der Waals surface area contributed by atoms with E-state index < -0.39 is 16.3 Å². The number of imidazole rings is 1. The van der Waals surface area contributed by atoms with Gasteiger partial charge in [-0.1, -0.05) is 11.6 Å². The predicted octanol–water partition coefficient (Wildman–Crippen LogP) is -0.0293. The topological polar surface area (TPSA) is 82.5 Å². The van der Waals surface area contributed by atoms with Gasteiger partial charge in [0.15, 0.2) is 6.29 Å². The van der Waals surface area contributed by atoms with Crippen LogP contribution in [0.2, 0.25) is 5.15 Å². The van der Waals surface area contributed by atoms with Crippen molar-refractivity contribution in [2.45, 2.75) is 11.3 Å². The summed E-state index contributed by atoms with van der Waals surface area (Å²) < 4.78 is 37.1. The van der Waals surface area contributed by atoms with E-state index in [0.717, 1.165) is 0 Å². The molecule has 1 heterocycles. The highest BCUT2D eigenvalue weighted by molar-refractivity contribution is 7.89. The van der Waals surface area contributed by atoms with Gasteiger partial charge in [0, 0.05) is 21.3 Å². The first-order valence-electron chi connectivity index (χ1n) is 4.64. The van der Waals surface area contributed by atoms with Gasteiger partial charge in [-0.15, -0.1) is 0 Å². The Hall–Kier alpha value is -0.670. The second-order valence-corrected chi connectivity index (χ2v) is 5.24. The van der Waals surface area contributed by atoms with Crippen molar-refractivity contribution in [3.63, 3.8) is 0 Å². The van der Waals surface area contributed by atoms with Crippen LogP contribution in [0.3, 0.4) is 0 Å². The molecule has 0 fully saturated rings. The molecule has 0 aromatic carbocycles. The van der Waals surface area contributed by atoms with E-state index in [9.17, 15) is 8.42 Å². The Morgan fingerprint density at radius 2 is 2.12 bits per heavy atom. The number of ether oxygens (including phenoxy) is 2. The first-order valence-corrected chi connectivity index (χ1v) is 6.50. The lowest BCUT2D eigenvalue weighted by atomic mass is 10.6. The minimum Gasteiger partial charge on any atom is -0.355 e. The Labute approximate surface area is 105 Å². The molecule has 0 saturated carbocycles. The summed E-state index contributed by atoms with van der Waals surface area (Å²) in [6.45, 7) is -0.0256. The first-order chi connectivity index (χ1) is 7.92. The van der Waals surface area contributed by atoms with Crippen LogP contribution in [0.5, 0.6) is 0 Å². The predicted molar refractivity (Wildman–Crippen MR) is 61.2 cm³/mol. The van der Waals surface area contributed by atoms with Gasteiger partial charge < -0.3 is 14.0 Å². The van der Waals surface area contributed by atoms with Gasteiger partial charge in [0.1, 0.15) is 5.15 Å². The molecule has 98 valence electrons. The number of halogens is 1. The molecule has 0 saturated heterocycles. The van der Waals surface area contributed by atoms with Crippen molar-refractivity contribution in [1.29, 1.82) is 0 Å². The number of sulfonamides is 1. The van der Waals surface area contributed by atoms with Crippen molar-refractivity contribution in [3.05, 3.63) is 11.5 Å². The van der Waals surface area contributed by atoms with E-state index in [1.807, 2.05) is 0 Å². The molecule has 1 aromatic heterocycles. The van der Waals surface area contributed by atoms with Crippen molar-refractivity contribution in [2.24, 2.45) is 7.05 Å². The Bertz CT molecular complexity index is 469. The van der Waals surface area contributed by atoms with E-state index in [1.54, 1.807) is 7.05 Å². The summed E-state index contributed by atoms with van der Waals surface area (Å²) in [5.41, 5.74) is 0. The smallest absolute Gasteiger partial charge is 0.261 e. The zero-order valence-corrected chi connectivity index (χ0v) is 11.2. The summed E-state index contributed by atoms with van der Waals surface area (Å²) in [5, 5.41) is -0.170. The van der Waals surface area contributed by atoms with E-state index in [0.29, 0.717) is 0 Å².